The smallest absolute Gasteiger partial charge is 0.0580 e. The van der Waals surface area contributed by atoms with Crippen LogP contribution in [0.5, 0.6) is 0 Å². The lowest BCUT2D eigenvalue weighted by Crippen LogP contribution is -2.27. The van der Waals surface area contributed by atoms with Crippen molar-refractivity contribution in [1.29, 1.82) is 0 Å². The van der Waals surface area contributed by atoms with E-state index in [0.29, 0.717) is 6.54 Å². The summed E-state index contributed by atoms with van der Waals surface area (Å²) in [5, 5.41) is 12.0. The first kappa shape index (κ1) is 12.7. The van der Waals surface area contributed by atoms with Gasteiger partial charge in [0.05, 0.1) is 6.10 Å². The number of aliphatic hydroxyl groups excluding tert-OH is 1. The van der Waals surface area contributed by atoms with E-state index < -0.39 is 0 Å². The molecule has 2 nitrogen and oxygen atoms in total. The van der Waals surface area contributed by atoms with E-state index in [-0.39, 0.29) is 12.0 Å². The summed E-state index contributed by atoms with van der Waals surface area (Å²) >= 11 is 1.79. The zero-order chi connectivity index (χ0) is 11.1. The average molecular weight is 227 g/mol. The molecule has 3 heteroatoms. The highest BCUT2D eigenvalue weighted by molar-refractivity contribution is 7.09. The Labute approximate surface area is 96.1 Å². The van der Waals surface area contributed by atoms with E-state index in [2.05, 4.69) is 24.4 Å². The molecule has 0 spiro atoms. The Morgan fingerprint density at radius 1 is 1.53 bits per heavy atom. The number of aliphatic hydroxyl groups is 1. The quantitative estimate of drug-likeness (QED) is 0.751. The van der Waals surface area contributed by atoms with Gasteiger partial charge in [0.25, 0.3) is 0 Å². The van der Waals surface area contributed by atoms with E-state index in [4.69, 9.17) is 5.73 Å². The van der Waals surface area contributed by atoms with Gasteiger partial charge in [-0.05, 0) is 49.6 Å². The molecule has 1 heterocycles. The zero-order valence-corrected chi connectivity index (χ0v) is 10.2. The van der Waals surface area contributed by atoms with Crippen molar-refractivity contribution in [1.82, 2.24) is 0 Å². The van der Waals surface area contributed by atoms with Crippen LogP contribution in [0.25, 0.3) is 0 Å². The number of nitrogens with two attached hydrogens (primary N) is 1. The van der Waals surface area contributed by atoms with Crippen LogP contribution in [-0.4, -0.2) is 17.8 Å². The molecule has 15 heavy (non-hydrogen) atoms. The highest BCUT2D eigenvalue weighted by Gasteiger charge is 2.14. The van der Waals surface area contributed by atoms with E-state index >= 15 is 0 Å². The minimum atomic E-state index is -0.222. The molecule has 86 valence electrons. The van der Waals surface area contributed by atoms with Gasteiger partial charge in [0.1, 0.15) is 0 Å². The van der Waals surface area contributed by atoms with Crippen LogP contribution in [0.2, 0.25) is 0 Å². The number of rotatable bonds is 7. The van der Waals surface area contributed by atoms with Crippen molar-refractivity contribution >= 4 is 11.3 Å². The molecule has 2 atom stereocenters. The fourth-order valence-electron chi connectivity index (χ4n) is 1.77. The Hall–Kier alpha value is -0.380. The lowest BCUT2D eigenvalue weighted by Gasteiger charge is -2.19. The Balaban J connectivity index is 2.19. The fraction of sp³-hybridized carbons (Fsp3) is 0.667. The summed E-state index contributed by atoms with van der Waals surface area (Å²) in [6.45, 7) is 2.68. The van der Waals surface area contributed by atoms with Gasteiger partial charge in [-0.1, -0.05) is 13.0 Å². The van der Waals surface area contributed by atoms with Gasteiger partial charge in [-0.3, -0.25) is 0 Å². The summed E-state index contributed by atoms with van der Waals surface area (Å²) in [4.78, 5) is 1.41. The molecule has 0 amide bonds. The third-order valence-corrected chi connectivity index (χ3v) is 3.81. The maximum Gasteiger partial charge on any atom is 0.0580 e. The second-order valence-corrected chi connectivity index (χ2v) is 4.98. The van der Waals surface area contributed by atoms with Crippen LogP contribution in [0.4, 0.5) is 0 Å². The number of hydrogen-bond acceptors (Lipinski definition) is 3. The van der Waals surface area contributed by atoms with Crippen LogP contribution in [0.3, 0.4) is 0 Å². The lowest BCUT2D eigenvalue weighted by molar-refractivity contribution is 0.0985. The van der Waals surface area contributed by atoms with Gasteiger partial charge >= 0.3 is 0 Å². The zero-order valence-electron chi connectivity index (χ0n) is 9.36. The monoisotopic (exact) mass is 227 g/mol. The van der Waals surface area contributed by atoms with Gasteiger partial charge in [0, 0.05) is 4.88 Å². The van der Waals surface area contributed by atoms with E-state index in [9.17, 15) is 5.11 Å². The summed E-state index contributed by atoms with van der Waals surface area (Å²) in [6.07, 6.45) is 3.75. The molecule has 0 aliphatic carbocycles. The van der Waals surface area contributed by atoms with Crippen molar-refractivity contribution in [3.8, 4) is 0 Å². The molecule has 0 bridgehead atoms. The Kier molecular flexibility index (Phi) is 5.91. The predicted molar refractivity (Wildman–Crippen MR) is 66.1 cm³/mol. The van der Waals surface area contributed by atoms with Crippen molar-refractivity contribution in [3.63, 3.8) is 0 Å². The molecular weight excluding hydrogens is 206 g/mol. The second kappa shape index (κ2) is 6.99. The summed E-state index contributed by atoms with van der Waals surface area (Å²) < 4.78 is 0. The summed E-state index contributed by atoms with van der Waals surface area (Å²) in [6, 6.07) is 4.22. The molecule has 0 fully saturated rings. The standard InChI is InChI=1S/C12H21NOS/c1-2-10(9-13)12(14)7-3-5-11-6-4-8-15-11/h4,6,8,10,12,14H,2-3,5,7,9,13H2,1H3. The van der Waals surface area contributed by atoms with Gasteiger partial charge in [-0.15, -0.1) is 11.3 Å². The largest absolute Gasteiger partial charge is 0.393 e. The highest BCUT2D eigenvalue weighted by Crippen LogP contribution is 2.16. The third kappa shape index (κ3) is 4.33. The Morgan fingerprint density at radius 3 is 2.87 bits per heavy atom. The molecule has 0 aromatic carbocycles. The van der Waals surface area contributed by atoms with Crippen LogP contribution in [0.15, 0.2) is 17.5 Å². The number of aryl methyl sites for hydroxylation is 1. The highest BCUT2D eigenvalue weighted by atomic mass is 32.1. The van der Waals surface area contributed by atoms with Crippen LogP contribution in [-0.2, 0) is 6.42 Å². The van der Waals surface area contributed by atoms with E-state index in [1.54, 1.807) is 11.3 Å². The first-order valence-corrected chi connectivity index (χ1v) is 6.56. The summed E-state index contributed by atoms with van der Waals surface area (Å²) in [5.41, 5.74) is 5.59. The molecule has 1 rings (SSSR count). The van der Waals surface area contributed by atoms with Gasteiger partial charge < -0.3 is 10.8 Å². The molecule has 1 aromatic rings. The molecule has 3 N–H and O–H groups in total. The van der Waals surface area contributed by atoms with E-state index in [1.165, 1.54) is 4.88 Å². The van der Waals surface area contributed by atoms with Crippen molar-refractivity contribution < 1.29 is 5.11 Å². The number of thiophene rings is 1. The topological polar surface area (TPSA) is 46.2 Å². The lowest BCUT2D eigenvalue weighted by atomic mass is 9.95. The van der Waals surface area contributed by atoms with Gasteiger partial charge in [-0.25, -0.2) is 0 Å². The molecular formula is C12H21NOS. The van der Waals surface area contributed by atoms with E-state index in [0.717, 1.165) is 25.7 Å². The van der Waals surface area contributed by atoms with Crippen LogP contribution in [0.1, 0.15) is 31.1 Å². The molecule has 0 saturated heterocycles. The first-order chi connectivity index (χ1) is 7.27. The fourth-order valence-corrected chi connectivity index (χ4v) is 2.52. The minimum Gasteiger partial charge on any atom is -0.393 e. The van der Waals surface area contributed by atoms with Crippen molar-refractivity contribution in [2.45, 2.75) is 38.7 Å². The Bertz CT molecular complexity index is 244. The molecule has 0 aliphatic heterocycles. The molecule has 0 saturated carbocycles. The normalized spacial score (nSPS) is 15.1. The maximum absolute atomic E-state index is 9.86. The van der Waals surface area contributed by atoms with Gasteiger partial charge in [-0.2, -0.15) is 0 Å². The minimum absolute atomic E-state index is 0.222. The average Bonchev–Trinajstić information content (AvgIpc) is 2.72. The van der Waals surface area contributed by atoms with Gasteiger partial charge in [0.15, 0.2) is 0 Å². The maximum atomic E-state index is 9.86. The third-order valence-electron chi connectivity index (χ3n) is 2.87. The van der Waals surface area contributed by atoms with Crippen LogP contribution in [0, 0.1) is 5.92 Å². The second-order valence-electron chi connectivity index (χ2n) is 3.94. The van der Waals surface area contributed by atoms with Crippen LogP contribution < -0.4 is 5.73 Å². The predicted octanol–water partition coefficient (Wildman–Crippen LogP) is 2.42. The Morgan fingerprint density at radius 2 is 2.33 bits per heavy atom. The summed E-state index contributed by atoms with van der Waals surface area (Å²) in [7, 11) is 0. The SMILES string of the molecule is CCC(CN)C(O)CCCc1cccs1. The summed E-state index contributed by atoms with van der Waals surface area (Å²) in [5.74, 6) is 0.272. The van der Waals surface area contributed by atoms with Gasteiger partial charge in [0.2, 0.25) is 0 Å². The number of hydrogen-bond donors (Lipinski definition) is 2. The molecule has 2 unspecified atom stereocenters. The molecule has 0 aliphatic rings. The van der Waals surface area contributed by atoms with Crippen molar-refractivity contribution in [3.05, 3.63) is 22.4 Å². The van der Waals surface area contributed by atoms with Crippen molar-refractivity contribution in [2.75, 3.05) is 6.54 Å². The van der Waals surface area contributed by atoms with Crippen LogP contribution >= 0.6 is 11.3 Å². The molecule has 0 radical (unpaired) electrons. The van der Waals surface area contributed by atoms with Crippen molar-refractivity contribution in [2.24, 2.45) is 11.7 Å². The molecule has 1 aromatic heterocycles. The first-order valence-electron chi connectivity index (χ1n) is 5.68. The van der Waals surface area contributed by atoms with E-state index in [1.807, 2.05) is 0 Å².